The van der Waals surface area contributed by atoms with Gasteiger partial charge in [0, 0.05) is 24.5 Å². The van der Waals surface area contributed by atoms with E-state index in [1.54, 1.807) is 6.07 Å². The number of aromatic nitrogens is 4. The molecule has 3 aromatic rings. The molecule has 0 bridgehead atoms. The van der Waals surface area contributed by atoms with Crippen molar-refractivity contribution < 1.29 is 4.79 Å². The van der Waals surface area contributed by atoms with Gasteiger partial charge in [-0.25, -0.2) is 9.97 Å². The molecule has 0 saturated carbocycles. The molecule has 0 aliphatic carbocycles. The number of carbonyl (C=O) groups excluding carboxylic acids is 1. The Bertz CT molecular complexity index is 978. The van der Waals surface area contributed by atoms with E-state index in [0.29, 0.717) is 5.92 Å². The molecule has 7 nitrogen and oxygen atoms in total. The summed E-state index contributed by atoms with van der Waals surface area (Å²) in [6.45, 7) is 5.63. The van der Waals surface area contributed by atoms with Gasteiger partial charge in [0.15, 0.2) is 11.5 Å². The highest BCUT2D eigenvalue weighted by Crippen LogP contribution is 2.24. The first-order valence-electron chi connectivity index (χ1n) is 10.3. The zero-order valence-corrected chi connectivity index (χ0v) is 17.4. The SMILES string of the molecule is Cc1cc(C)nc(NC(=O)c2ccc(N3CCC(Cc4ccccc4)CC3)nn2)n1. The van der Waals surface area contributed by atoms with Crippen molar-refractivity contribution in [3.05, 3.63) is 71.2 Å². The fourth-order valence-electron chi connectivity index (χ4n) is 3.88. The Labute approximate surface area is 176 Å². The van der Waals surface area contributed by atoms with Gasteiger partial charge in [0.1, 0.15) is 0 Å². The van der Waals surface area contributed by atoms with E-state index in [1.165, 1.54) is 5.56 Å². The Hall–Kier alpha value is -3.35. The third-order valence-electron chi connectivity index (χ3n) is 5.40. The predicted molar refractivity (Wildman–Crippen MR) is 117 cm³/mol. The molecule has 1 N–H and O–H groups in total. The van der Waals surface area contributed by atoms with Gasteiger partial charge in [0.2, 0.25) is 5.95 Å². The topological polar surface area (TPSA) is 83.9 Å². The van der Waals surface area contributed by atoms with Crippen LogP contribution in [-0.4, -0.2) is 39.2 Å². The van der Waals surface area contributed by atoms with E-state index in [4.69, 9.17) is 0 Å². The Morgan fingerprint density at radius 2 is 1.70 bits per heavy atom. The summed E-state index contributed by atoms with van der Waals surface area (Å²) in [6, 6.07) is 16.1. The summed E-state index contributed by atoms with van der Waals surface area (Å²) >= 11 is 0. The summed E-state index contributed by atoms with van der Waals surface area (Å²) in [5, 5.41) is 11.1. The number of hydrogen-bond acceptors (Lipinski definition) is 6. The van der Waals surface area contributed by atoms with Gasteiger partial charge < -0.3 is 4.90 Å². The lowest BCUT2D eigenvalue weighted by atomic mass is 9.90. The minimum absolute atomic E-state index is 0.250. The average Bonchev–Trinajstić information content (AvgIpc) is 2.74. The maximum Gasteiger partial charge on any atom is 0.278 e. The van der Waals surface area contributed by atoms with Gasteiger partial charge >= 0.3 is 0 Å². The van der Waals surface area contributed by atoms with E-state index in [0.717, 1.165) is 49.6 Å². The summed E-state index contributed by atoms with van der Waals surface area (Å²) in [4.78, 5) is 23.1. The standard InChI is InChI=1S/C23H26N6O/c1-16-14-17(2)25-23(24-16)26-22(30)20-8-9-21(28-27-20)29-12-10-19(11-13-29)15-18-6-4-3-5-7-18/h3-9,14,19H,10-13,15H2,1-2H3,(H,24,25,26,30). The third-order valence-corrected chi connectivity index (χ3v) is 5.40. The summed E-state index contributed by atoms with van der Waals surface area (Å²) in [7, 11) is 0. The molecule has 3 heterocycles. The number of nitrogens with zero attached hydrogens (tertiary/aromatic N) is 5. The van der Waals surface area contributed by atoms with Crippen LogP contribution in [0.4, 0.5) is 11.8 Å². The number of benzene rings is 1. The van der Waals surface area contributed by atoms with Crippen molar-refractivity contribution in [2.75, 3.05) is 23.3 Å². The highest BCUT2D eigenvalue weighted by atomic mass is 16.2. The molecule has 154 valence electrons. The van der Waals surface area contributed by atoms with Gasteiger partial charge in [-0.2, -0.15) is 0 Å². The second kappa shape index (κ2) is 8.98. The monoisotopic (exact) mass is 402 g/mol. The molecule has 4 rings (SSSR count). The first-order chi connectivity index (χ1) is 14.6. The van der Waals surface area contributed by atoms with E-state index >= 15 is 0 Å². The van der Waals surface area contributed by atoms with Crippen LogP contribution in [0.3, 0.4) is 0 Å². The molecule has 0 atom stereocenters. The normalized spacial score (nSPS) is 14.5. The number of hydrogen-bond donors (Lipinski definition) is 1. The van der Waals surface area contributed by atoms with E-state index in [9.17, 15) is 4.79 Å². The molecule has 30 heavy (non-hydrogen) atoms. The van der Waals surface area contributed by atoms with Crippen molar-refractivity contribution in [1.82, 2.24) is 20.2 Å². The van der Waals surface area contributed by atoms with E-state index in [-0.39, 0.29) is 17.5 Å². The molecule has 1 aliphatic rings. The number of amides is 1. The molecule has 1 saturated heterocycles. The molecular weight excluding hydrogens is 376 g/mol. The minimum atomic E-state index is -0.361. The molecule has 1 aliphatic heterocycles. The minimum Gasteiger partial charge on any atom is -0.355 e. The highest BCUT2D eigenvalue weighted by molar-refractivity contribution is 6.01. The number of piperidine rings is 1. The number of anilines is 2. The average molecular weight is 403 g/mol. The maximum atomic E-state index is 12.4. The van der Waals surface area contributed by atoms with Crippen molar-refractivity contribution in [1.29, 1.82) is 0 Å². The molecule has 1 fully saturated rings. The first-order valence-corrected chi connectivity index (χ1v) is 10.3. The van der Waals surface area contributed by atoms with Crippen LogP contribution < -0.4 is 10.2 Å². The van der Waals surface area contributed by atoms with E-state index in [2.05, 4.69) is 60.7 Å². The van der Waals surface area contributed by atoms with E-state index in [1.807, 2.05) is 26.0 Å². The van der Waals surface area contributed by atoms with Crippen molar-refractivity contribution in [3.8, 4) is 0 Å². The van der Waals surface area contributed by atoms with Gasteiger partial charge in [-0.15, -0.1) is 10.2 Å². The molecule has 1 aromatic carbocycles. The number of nitrogens with one attached hydrogen (secondary N) is 1. The largest absolute Gasteiger partial charge is 0.355 e. The highest BCUT2D eigenvalue weighted by Gasteiger charge is 2.21. The lowest BCUT2D eigenvalue weighted by molar-refractivity contribution is 0.102. The van der Waals surface area contributed by atoms with Crippen molar-refractivity contribution >= 4 is 17.7 Å². The fraction of sp³-hybridized carbons (Fsp3) is 0.348. The molecule has 0 unspecified atom stereocenters. The molecule has 0 spiro atoms. The van der Waals surface area contributed by atoms with Gasteiger partial charge in [-0.05, 0) is 62.8 Å². The lowest BCUT2D eigenvalue weighted by Gasteiger charge is -2.32. The van der Waals surface area contributed by atoms with Gasteiger partial charge in [0.05, 0.1) is 0 Å². The Morgan fingerprint density at radius 1 is 1.00 bits per heavy atom. The quantitative estimate of drug-likeness (QED) is 0.702. The van der Waals surface area contributed by atoms with Crippen molar-refractivity contribution in [2.24, 2.45) is 5.92 Å². The van der Waals surface area contributed by atoms with Gasteiger partial charge in [0.25, 0.3) is 5.91 Å². The predicted octanol–water partition coefficient (Wildman–Crippen LogP) is 3.59. The summed E-state index contributed by atoms with van der Waals surface area (Å²) in [5.74, 6) is 1.43. The van der Waals surface area contributed by atoms with Crippen LogP contribution in [0.5, 0.6) is 0 Å². The molecule has 2 aromatic heterocycles. The van der Waals surface area contributed by atoms with E-state index < -0.39 is 0 Å². The maximum absolute atomic E-state index is 12.4. The summed E-state index contributed by atoms with van der Waals surface area (Å²) in [5.41, 5.74) is 3.25. The number of carbonyl (C=O) groups is 1. The van der Waals surface area contributed by atoms with Crippen LogP contribution in [0, 0.1) is 19.8 Å². The lowest BCUT2D eigenvalue weighted by Crippen LogP contribution is -2.35. The van der Waals surface area contributed by atoms with Crippen LogP contribution in [0.1, 0.15) is 40.3 Å². The zero-order valence-electron chi connectivity index (χ0n) is 17.4. The van der Waals surface area contributed by atoms with Crippen molar-refractivity contribution in [2.45, 2.75) is 33.1 Å². The molecular formula is C23H26N6O. The van der Waals surface area contributed by atoms with Crippen LogP contribution >= 0.6 is 0 Å². The first kappa shape index (κ1) is 19.9. The second-order valence-corrected chi connectivity index (χ2v) is 7.83. The summed E-state index contributed by atoms with van der Waals surface area (Å²) in [6.07, 6.45) is 3.38. The molecule has 0 radical (unpaired) electrons. The number of rotatable bonds is 5. The van der Waals surface area contributed by atoms with Crippen LogP contribution in [0.2, 0.25) is 0 Å². The third kappa shape index (κ3) is 4.97. The Morgan fingerprint density at radius 3 is 2.33 bits per heavy atom. The zero-order chi connectivity index (χ0) is 20.9. The molecule has 7 heteroatoms. The summed E-state index contributed by atoms with van der Waals surface area (Å²) < 4.78 is 0. The fourth-order valence-corrected chi connectivity index (χ4v) is 3.88. The van der Waals surface area contributed by atoms with Crippen molar-refractivity contribution in [3.63, 3.8) is 0 Å². The molecule has 1 amide bonds. The Balaban J connectivity index is 1.33. The van der Waals surface area contributed by atoms with Crippen LogP contribution in [0.25, 0.3) is 0 Å². The number of aryl methyl sites for hydroxylation is 2. The van der Waals surface area contributed by atoms with Crippen LogP contribution in [0.15, 0.2) is 48.5 Å². The van der Waals surface area contributed by atoms with Gasteiger partial charge in [-0.1, -0.05) is 30.3 Å². The van der Waals surface area contributed by atoms with Crippen LogP contribution in [-0.2, 0) is 6.42 Å². The Kier molecular flexibility index (Phi) is 5.97. The van der Waals surface area contributed by atoms with Gasteiger partial charge in [-0.3, -0.25) is 10.1 Å². The second-order valence-electron chi connectivity index (χ2n) is 7.83. The smallest absolute Gasteiger partial charge is 0.278 e.